The Morgan fingerprint density at radius 3 is 1.94 bits per heavy atom. The van der Waals surface area contributed by atoms with Crippen molar-refractivity contribution < 1.29 is 0 Å². The molecule has 0 aliphatic heterocycles. The summed E-state index contributed by atoms with van der Waals surface area (Å²) in [6.45, 7) is 7.02. The van der Waals surface area contributed by atoms with Crippen molar-refractivity contribution in [3.63, 3.8) is 0 Å². The third-order valence-corrected chi connectivity index (χ3v) is 9.24. The lowest BCUT2D eigenvalue weighted by Gasteiger charge is -2.23. The summed E-state index contributed by atoms with van der Waals surface area (Å²) in [4.78, 5) is 0. The van der Waals surface area contributed by atoms with E-state index in [9.17, 15) is 0 Å². The van der Waals surface area contributed by atoms with E-state index in [0.717, 1.165) is 4.47 Å². The van der Waals surface area contributed by atoms with Crippen LogP contribution in [-0.4, -0.2) is 8.07 Å². The molecule has 88 valence electrons. The largest absolute Gasteiger partial charge is 0.0936 e. The normalized spacial score (nSPS) is 12.2. The molecule has 0 bridgehead atoms. The molecule has 0 heterocycles. The van der Waals surface area contributed by atoms with Gasteiger partial charge in [0.2, 0.25) is 0 Å². The van der Waals surface area contributed by atoms with Crippen LogP contribution in [0.25, 0.3) is 6.08 Å². The number of benzene rings is 1. The van der Waals surface area contributed by atoms with E-state index in [1.807, 2.05) is 0 Å². The van der Waals surface area contributed by atoms with Crippen molar-refractivity contribution in [3.05, 3.63) is 40.0 Å². The fourth-order valence-electron chi connectivity index (χ4n) is 1.95. The fraction of sp³-hybridized carbons (Fsp3) is 0.429. The van der Waals surface area contributed by atoms with Crippen LogP contribution in [0.5, 0.6) is 0 Å². The van der Waals surface area contributed by atoms with E-state index in [4.69, 9.17) is 0 Å². The zero-order chi connectivity index (χ0) is 12.0. The monoisotopic (exact) mass is 296 g/mol. The molecule has 0 fully saturated rings. The van der Waals surface area contributed by atoms with E-state index >= 15 is 0 Å². The van der Waals surface area contributed by atoms with Gasteiger partial charge in [0.1, 0.15) is 0 Å². The van der Waals surface area contributed by atoms with E-state index in [2.05, 4.69) is 72.7 Å². The minimum absolute atomic E-state index is 1.11. The van der Waals surface area contributed by atoms with Crippen LogP contribution in [0.1, 0.15) is 26.3 Å². The number of hydrogen-bond donors (Lipinski definition) is 0. The van der Waals surface area contributed by atoms with E-state index in [0.29, 0.717) is 0 Å². The molecule has 2 heteroatoms. The summed E-state index contributed by atoms with van der Waals surface area (Å²) in [7, 11) is -1.11. The van der Waals surface area contributed by atoms with Crippen molar-refractivity contribution >= 4 is 30.1 Å². The van der Waals surface area contributed by atoms with Gasteiger partial charge in [-0.25, -0.2) is 0 Å². The topological polar surface area (TPSA) is 0 Å². The molecule has 0 nitrogen and oxygen atoms in total. The first-order valence-corrected chi connectivity index (χ1v) is 9.59. The molecule has 1 aromatic carbocycles. The van der Waals surface area contributed by atoms with Crippen LogP contribution in [0, 0.1) is 0 Å². The molecule has 1 rings (SSSR count). The van der Waals surface area contributed by atoms with Gasteiger partial charge < -0.3 is 0 Å². The highest BCUT2D eigenvalue weighted by Crippen LogP contribution is 2.23. The summed E-state index contributed by atoms with van der Waals surface area (Å²) >= 11 is 3.46. The smallest absolute Gasteiger partial charge is 0.0770 e. The third-order valence-electron chi connectivity index (χ3n) is 3.61. The first kappa shape index (κ1) is 13.7. The molecule has 0 atom stereocenters. The minimum Gasteiger partial charge on any atom is -0.0936 e. The molecule has 0 aliphatic carbocycles. The molecule has 0 spiro atoms. The summed E-state index contributed by atoms with van der Waals surface area (Å²) in [5.74, 6) is 0. The molecule has 0 aliphatic rings. The van der Waals surface area contributed by atoms with Crippen molar-refractivity contribution in [2.24, 2.45) is 0 Å². The molecule has 1 aromatic rings. The Bertz CT molecular complexity index is 328. The second kappa shape index (κ2) is 6.41. The summed E-state index contributed by atoms with van der Waals surface area (Å²) in [6.07, 6.45) is 2.31. The lowest BCUT2D eigenvalue weighted by molar-refractivity contribution is 1.20. The van der Waals surface area contributed by atoms with Crippen molar-refractivity contribution in [3.8, 4) is 0 Å². The molecule has 0 radical (unpaired) electrons. The lowest BCUT2D eigenvalue weighted by Crippen LogP contribution is -2.28. The first-order valence-electron chi connectivity index (χ1n) is 6.10. The molecular formula is C14H21BrSi. The van der Waals surface area contributed by atoms with Crippen LogP contribution in [0.4, 0.5) is 0 Å². The number of hydrogen-bond acceptors (Lipinski definition) is 0. The van der Waals surface area contributed by atoms with Gasteiger partial charge in [0.05, 0.1) is 8.07 Å². The molecule has 0 N–H and O–H groups in total. The Morgan fingerprint density at radius 1 is 1.00 bits per heavy atom. The maximum Gasteiger partial charge on any atom is 0.0770 e. The molecule has 0 amide bonds. The highest BCUT2D eigenvalue weighted by molar-refractivity contribution is 9.10. The second-order valence-corrected chi connectivity index (χ2v) is 10.4. The van der Waals surface area contributed by atoms with Gasteiger partial charge in [0.15, 0.2) is 0 Å². The lowest BCUT2D eigenvalue weighted by atomic mass is 10.2. The van der Waals surface area contributed by atoms with Gasteiger partial charge in [0, 0.05) is 4.47 Å². The van der Waals surface area contributed by atoms with Gasteiger partial charge in [-0.1, -0.05) is 78.7 Å². The van der Waals surface area contributed by atoms with Crippen LogP contribution in [0.15, 0.2) is 34.4 Å². The van der Waals surface area contributed by atoms with Crippen LogP contribution < -0.4 is 0 Å². The van der Waals surface area contributed by atoms with E-state index < -0.39 is 8.07 Å². The number of halogens is 1. The Kier molecular flexibility index (Phi) is 5.49. The van der Waals surface area contributed by atoms with E-state index in [1.165, 1.54) is 23.7 Å². The maximum atomic E-state index is 3.46. The second-order valence-electron chi connectivity index (χ2n) is 4.31. The van der Waals surface area contributed by atoms with Crippen LogP contribution in [-0.2, 0) is 0 Å². The van der Waals surface area contributed by atoms with Gasteiger partial charge in [0.25, 0.3) is 0 Å². The molecule has 0 saturated heterocycles. The van der Waals surface area contributed by atoms with Crippen LogP contribution in [0.3, 0.4) is 0 Å². The predicted octanol–water partition coefficient (Wildman–Crippen LogP) is 5.51. The SMILES string of the molecule is CC[Si](/C=C/c1ccc(Br)cc1)(CC)CC. The average Bonchev–Trinajstić information content (AvgIpc) is 2.34. The summed E-state index contributed by atoms with van der Waals surface area (Å²) in [5, 5.41) is 0. The Labute approximate surface area is 109 Å². The van der Waals surface area contributed by atoms with Gasteiger partial charge in [-0.2, -0.15) is 0 Å². The molecular weight excluding hydrogens is 276 g/mol. The Hall–Kier alpha value is -0.343. The summed E-state index contributed by atoms with van der Waals surface area (Å²) < 4.78 is 1.15. The Morgan fingerprint density at radius 2 is 1.50 bits per heavy atom. The Balaban J connectivity index is 2.82. The average molecular weight is 297 g/mol. The van der Waals surface area contributed by atoms with Gasteiger partial charge in [-0.15, -0.1) is 0 Å². The maximum absolute atomic E-state index is 3.46. The molecule has 0 unspecified atom stereocenters. The highest BCUT2D eigenvalue weighted by atomic mass is 79.9. The molecule has 0 saturated carbocycles. The zero-order valence-corrected chi connectivity index (χ0v) is 13.0. The fourth-order valence-corrected chi connectivity index (χ4v) is 4.97. The zero-order valence-electron chi connectivity index (χ0n) is 10.5. The highest BCUT2D eigenvalue weighted by Gasteiger charge is 2.22. The minimum atomic E-state index is -1.11. The third kappa shape index (κ3) is 3.60. The van der Waals surface area contributed by atoms with Gasteiger partial charge in [-0.05, 0) is 17.7 Å². The molecule has 0 aromatic heterocycles. The van der Waals surface area contributed by atoms with Crippen molar-refractivity contribution in [1.82, 2.24) is 0 Å². The summed E-state index contributed by atoms with van der Waals surface area (Å²) in [5.41, 5.74) is 3.84. The number of rotatable bonds is 5. The van der Waals surface area contributed by atoms with Crippen molar-refractivity contribution in [2.75, 3.05) is 0 Å². The molecule has 16 heavy (non-hydrogen) atoms. The summed E-state index contributed by atoms with van der Waals surface area (Å²) in [6, 6.07) is 12.6. The first-order chi connectivity index (χ1) is 7.65. The van der Waals surface area contributed by atoms with E-state index in [-0.39, 0.29) is 0 Å². The van der Waals surface area contributed by atoms with Crippen molar-refractivity contribution in [1.29, 1.82) is 0 Å². The van der Waals surface area contributed by atoms with Crippen molar-refractivity contribution in [2.45, 2.75) is 38.9 Å². The van der Waals surface area contributed by atoms with Crippen LogP contribution in [0.2, 0.25) is 18.1 Å². The standard InChI is InChI=1S/C14H21BrSi/c1-4-16(5-2,6-3)12-11-13-7-9-14(15)10-8-13/h7-12H,4-6H2,1-3H3/b12-11+. The van der Waals surface area contributed by atoms with Gasteiger partial charge >= 0.3 is 0 Å². The van der Waals surface area contributed by atoms with E-state index in [1.54, 1.807) is 0 Å². The van der Waals surface area contributed by atoms with Gasteiger partial charge in [-0.3, -0.25) is 0 Å². The quantitative estimate of drug-likeness (QED) is 0.629. The van der Waals surface area contributed by atoms with Crippen LogP contribution >= 0.6 is 15.9 Å². The predicted molar refractivity (Wildman–Crippen MR) is 80.4 cm³/mol.